The Kier molecular flexibility index (Phi) is 5.13. The third kappa shape index (κ3) is 4.15. The zero-order valence-corrected chi connectivity index (χ0v) is 13.8. The Morgan fingerprint density at radius 1 is 1.12 bits per heavy atom. The largest absolute Gasteiger partial charge is 0.471 e. The minimum atomic E-state index is -0.894. The number of aromatic nitrogens is 2. The van der Waals surface area contributed by atoms with E-state index in [1.165, 1.54) is 29.1 Å². The molecule has 1 aromatic heterocycles. The number of carbonyl (C=O) groups is 1. The number of nitrogens with zero attached hydrogens (tertiary/aromatic N) is 2. The van der Waals surface area contributed by atoms with Gasteiger partial charge in [-0.05, 0) is 30.3 Å². The lowest BCUT2D eigenvalue weighted by Crippen LogP contribution is -2.15. The molecule has 2 aromatic carbocycles. The van der Waals surface area contributed by atoms with E-state index >= 15 is 0 Å². The van der Waals surface area contributed by atoms with Crippen LogP contribution in [0.2, 0.25) is 5.02 Å². The van der Waals surface area contributed by atoms with E-state index in [-0.39, 0.29) is 23.1 Å². The topological polar surface area (TPSA) is 56.2 Å². The molecule has 0 unspecified atom stereocenters. The maximum atomic E-state index is 13.6. The lowest BCUT2D eigenvalue weighted by Gasteiger charge is -2.07. The Labute approximate surface area is 151 Å². The predicted octanol–water partition coefficient (Wildman–Crippen LogP) is 4.24. The number of halogens is 4. The van der Waals surface area contributed by atoms with Gasteiger partial charge in [-0.15, -0.1) is 0 Å². The summed E-state index contributed by atoms with van der Waals surface area (Å²) >= 11 is 5.66. The second-order valence-corrected chi connectivity index (χ2v) is 5.58. The molecular weight excluding hydrogens is 371 g/mol. The molecule has 1 N–H and O–H groups in total. The normalized spacial score (nSPS) is 10.6. The van der Waals surface area contributed by atoms with Crippen LogP contribution < -0.4 is 10.1 Å². The van der Waals surface area contributed by atoms with Crippen LogP contribution in [0.15, 0.2) is 48.7 Å². The average molecular weight is 382 g/mol. The van der Waals surface area contributed by atoms with Crippen molar-refractivity contribution >= 4 is 23.2 Å². The molecule has 0 saturated carbocycles. The van der Waals surface area contributed by atoms with Gasteiger partial charge in [0.15, 0.2) is 12.4 Å². The lowest BCUT2D eigenvalue weighted by molar-refractivity contribution is 0.101. The number of rotatable bonds is 5. The van der Waals surface area contributed by atoms with Crippen LogP contribution >= 0.6 is 11.6 Å². The monoisotopic (exact) mass is 381 g/mol. The van der Waals surface area contributed by atoms with Gasteiger partial charge in [0.2, 0.25) is 0 Å². The highest BCUT2D eigenvalue weighted by Crippen LogP contribution is 2.21. The first kappa shape index (κ1) is 17.8. The van der Waals surface area contributed by atoms with E-state index in [1.807, 2.05) is 0 Å². The summed E-state index contributed by atoms with van der Waals surface area (Å²) in [6.45, 7) is -0.0554. The van der Waals surface area contributed by atoms with Crippen molar-refractivity contribution in [2.45, 2.75) is 6.73 Å². The molecule has 0 bridgehead atoms. The van der Waals surface area contributed by atoms with Crippen LogP contribution in [-0.4, -0.2) is 15.7 Å². The molecule has 0 fully saturated rings. The van der Waals surface area contributed by atoms with Crippen LogP contribution in [-0.2, 0) is 6.73 Å². The molecule has 0 aliphatic heterocycles. The molecule has 0 radical (unpaired) electrons. The molecule has 1 heterocycles. The SMILES string of the molecule is O=C(Nc1ccc(F)cc1F)c1ccn(COc2ccc(F)c(Cl)c2)n1. The Bertz CT molecular complexity index is 962. The van der Waals surface area contributed by atoms with Crippen molar-refractivity contribution in [2.75, 3.05) is 5.32 Å². The van der Waals surface area contributed by atoms with Crippen LogP contribution in [0.1, 0.15) is 10.5 Å². The summed E-state index contributed by atoms with van der Waals surface area (Å²) in [7, 11) is 0. The Balaban J connectivity index is 1.63. The summed E-state index contributed by atoms with van der Waals surface area (Å²) in [6, 6.07) is 8.07. The van der Waals surface area contributed by atoms with E-state index in [0.717, 1.165) is 18.2 Å². The van der Waals surface area contributed by atoms with Gasteiger partial charge in [-0.3, -0.25) is 4.79 Å². The number of hydrogen-bond acceptors (Lipinski definition) is 3. The molecule has 5 nitrogen and oxygen atoms in total. The molecule has 0 spiro atoms. The van der Waals surface area contributed by atoms with Crippen molar-refractivity contribution in [2.24, 2.45) is 0 Å². The molecule has 0 saturated heterocycles. The molecule has 0 aliphatic carbocycles. The highest BCUT2D eigenvalue weighted by molar-refractivity contribution is 6.30. The minimum absolute atomic E-state index is 0.00876. The zero-order chi connectivity index (χ0) is 18.7. The molecule has 3 rings (SSSR count). The standard InChI is InChI=1S/C17H11ClF3N3O2/c18-12-8-11(2-3-13(12)20)26-9-24-6-5-16(23-24)17(25)22-15-4-1-10(19)7-14(15)21/h1-8H,9H2,(H,22,25). The second kappa shape index (κ2) is 7.49. The molecule has 0 atom stereocenters. The Morgan fingerprint density at radius 3 is 2.65 bits per heavy atom. The first-order valence-electron chi connectivity index (χ1n) is 7.30. The van der Waals surface area contributed by atoms with Crippen molar-refractivity contribution in [3.05, 3.63) is 76.8 Å². The van der Waals surface area contributed by atoms with Crippen LogP contribution in [0.5, 0.6) is 5.75 Å². The Morgan fingerprint density at radius 2 is 1.92 bits per heavy atom. The zero-order valence-electron chi connectivity index (χ0n) is 13.0. The van der Waals surface area contributed by atoms with Gasteiger partial charge in [0.25, 0.3) is 5.91 Å². The van der Waals surface area contributed by atoms with Crippen LogP contribution in [0.3, 0.4) is 0 Å². The molecule has 9 heteroatoms. The van der Waals surface area contributed by atoms with Crippen molar-refractivity contribution in [1.29, 1.82) is 0 Å². The van der Waals surface area contributed by atoms with Gasteiger partial charge in [0.1, 0.15) is 23.2 Å². The summed E-state index contributed by atoms with van der Waals surface area (Å²) in [5.41, 5.74) is -0.155. The van der Waals surface area contributed by atoms with Gasteiger partial charge in [-0.2, -0.15) is 5.10 Å². The van der Waals surface area contributed by atoms with Crippen molar-refractivity contribution in [3.63, 3.8) is 0 Å². The predicted molar refractivity (Wildman–Crippen MR) is 88.6 cm³/mol. The molecule has 1 amide bonds. The van der Waals surface area contributed by atoms with Crippen LogP contribution in [0.4, 0.5) is 18.9 Å². The van der Waals surface area contributed by atoms with E-state index in [1.54, 1.807) is 0 Å². The van der Waals surface area contributed by atoms with E-state index in [0.29, 0.717) is 11.8 Å². The smallest absolute Gasteiger partial charge is 0.276 e. The summed E-state index contributed by atoms with van der Waals surface area (Å²) < 4.78 is 46.2. The second-order valence-electron chi connectivity index (χ2n) is 5.17. The van der Waals surface area contributed by atoms with E-state index in [9.17, 15) is 18.0 Å². The van der Waals surface area contributed by atoms with Crippen LogP contribution in [0.25, 0.3) is 0 Å². The van der Waals surface area contributed by atoms with Gasteiger partial charge >= 0.3 is 0 Å². The van der Waals surface area contributed by atoms with Gasteiger partial charge in [0.05, 0.1) is 10.7 Å². The number of ether oxygens (including phenoxy) is 1. The highest BCUT2D eigenvalue weighted by Gasteiger charge is 2.13. The molecule has 0 aliphatic rings. The maximum Gasteiger partial charge on any atom is 0.276 e. The fourth-order valence-electron chi connectivity index (χ4n) is 2.04. The number of nitrogens with one attached hydrogen (secondary N) is 1. The third-order valence-corrected chi connectivity index (χ3v) is 3.60. The van der Waals surface area contributed by atoms with Crippen molar-refractivity contribution in [3.8, 4) is 5.75 Å². The quantitative estimate of drug-likeness (QED) is 0.719. The average Bonchev–Trinajstić information content (AvgIpc) is 3.07. The molecule has 26 heavy (non-hydrogen) atoms. The number of amides is 1. The number of hydrogen-bond donors (Lipinski definition) is 1. The minimum Gasteiger partial charge on any atom is -0.471 e. The van der Waals surface area contributed by atoms with Crippen molar-refractivity contribution in [1.82, 2.24) is 9.78 Å². The third-order valence-electron chi connectivity index (χ3n) is 3.31. The summed E-state index contributed by atoms with van der Waals surface area (Å²) in [5, 5.41) is 6.20. The van der Waals surface area contributed by atoms with E-state index in [2.05, 4.69) is 10.4 Å². The first-order chi connectivity index (χ1) is 12.4. The van der Waals surface area contributed by atoms with E-state index in [4.69, 9.17) is 16.3 Å². The van der Waals surface area contributed by atoms with Gasteiger partial charge in [-0.1, -0.05) is 11.6 Å². The summed E-state index contributed by atoms with van der Waals surface area (Å²) in [4.78, 5) is 12.1. The van der Waals surface area contributed by atoms with Gasteiger partial charge in [-0.25, -0.2) is 17.9 Å². The summed E-state index contributed by atoms with van der Waals surface area (Å²) in [5.74, 6) is -2.55. The lowest BCUT2D eigenvalue weighted by atomic mass is 10.3. The van der Waals surface area contributed by atoms with Gasteiger partial charge < -0.3 is 10.1 Å². The number of carbonyl (C=O) groups excluding carboxylic acids is 1. The molecule has 134 valence electrons. The maximum absolute atomic E-state index is 13.6. The van der Waals surface area contributed by atoms with Crippen LogP contribution in [0, 0.1) is 17.5 Å². The first-order valence-corrected chi connectivity index (χ1v) is 7.68. The Hall–Kier alpha value is -3.00. The number of benzene rings is 2. The van der Waals surface area contributed by atoms with E-state index < -0.39 is 23.4 Å². The molecular formula is C17H11ClF3N3O2. The molecule has 3 aromatic rings. The summed E-state index contributed by atoms with van der Waals surface area (Å²) in [6.07, 6.45) is 1.47. The fourth-order valence-corrected chi connectivity index (χ4v) is 2.21. The number of anilines is 1. The van der Waals surface area contributed by atoms with Crippen molar-refractivity contribution < 1.29 is 22.7 Å². The van der Waals surface area contributed by atoms with Gasteiger partial charge in [0, 0.05) is 18.3 Å². The fraction of sp³-hybridized carbons (Fsp3) is 0.0588. The highest BCUT2D eigenvalue weighted by atomic mass is 35.5.